The van der Waals surface area contributed by atoms with Crippen LogP contribution in [0.15, 0.2) is 18.2 Å². The average molecular weight is 247 g/mol. The lowest BCUT2D eigenvalue weighted by atomic mass is 10.1. The van der Waals surface area contributed by atoms with Gasteiger partial charge < -0.3 is 14.6 Å². The van der Waals surface area contributed by atoms with E-state index in [4.69, 9.17) is 14.7 Å². The quantitative estimate of drug-likeness (QED) is 0.837. The average Bonchev–Trinajstić information content (AvgIpc) is 3.16. The molecule has 0 unspecified atom stereocenters. The van der Waals surface area contributed by atoms with E-state index in [0.29, 0.717) is 24.5 Å². The van der Waals surface area contributed by atoms with Gasteiger partial charge in [-0.05, 0) is 25.0 Å². The van der Waals surface area contributed by atoms with Crippen molar-refractivity contribution in [3.05, 3.63) is 23.8 Å². The summed E-state index contributed by atoms with van der Waals surface area (Å²) in [6, 6.07) is 7.56. The summed E-state index contributed by atoms with van der Waals surface area (Å²) >= 11 is 0. The molecule has 96 valence electrons. The Labute approximate surface area is 107 Å². The molecular weight excluding hydrogens is 230 g/mol. The summed E-state index contributed by atoms with van der Waals surface area (Å²) in [6.45, 7) is 0.464. The molecule has 0 atom stereocenters. The lowest BCUT2D eigenvalue weighted by Crippen LogP contribution is -2.13. The molecule has 1 saturated carbocycles. The molecule has 1 aromatic rings. The number of aliphatic hydroxyl groups is 1. The first kappa shape index (κ1) is 12.7. The Balaban J connectivity index is 2.06. The fraction of sp³-hybridized carbons (Fsp3) is 0.500. The van der Waals surface area contributed by atoms with Gasteiger partial charge >= 0.3 is 0 Å². The molecule has 1 aliphatic carbocycles. The van der Waals surface area contributed by atoms with Crippen molar-refractivity contribution in [3.8, 4) is 17.6 Å². The molecule has 0 spiro atoms. The highest BCUT2D eigenvalue weighted by Gasteiger charge is 2.43. The Hall–Kier alpha value is -1.73. The highest BCUT2D eigenvalue weighted by molar-refractivity contribution is 5.40. The molecule has 18 heavy (non-hydrogen) atoms. The van der Waals surface area contributed by atoms with Crippen molar-refractivity contribution in [2.75, 3.05) is 13.7 Å². The maximum atomic E-state index is 9.26. The predicted molar refractivity (Wildman–Crippen MR) is 66.3 cm³/mol. The van der Waals surface area contributed by atoms with E-state index in [1.54, 1.807) is 25.3 Å². The summed E-state index contributed by atoms with van der Waals surface area (Å²) in [4.78, 5) is 0. The second-order valence-corrected chi connectivity index (χ2v) is 4.76. The molecule has 1 aromatic carbocycles. The Morgan fingerprint density at radius 1 is 1.44 bits per heavy atom. The number of aliphatic hydroxyl groups excluding tert-OH is 1. The van der Waals surface area contributed by atoms with Crippen molar-refractivity contribution in [1.82, 2.24) is 0 Å². The molecule has 0 aliphatic heterocycles. The minimum atomic E-state index is -0.0649. The smallest absolute Gasteiger partial charge is 0.128 e. The van der Waals surface area contributed by atoms with Gasteiger partial charge in [-0.3, -0.25) is 0 Å². The van der Waals surface area contributed by atoms with E-state index in [1.807, 2.05) is 0 Å². The van der Waals surface area contributed by atoms with Crippen molar-refractivity contribution < 1.29 is 14.6 Å². The van der Waals surface area contributed by atoms with Crippen LogP contribution < -0.4 is 9.47 Å². The van der Waals surface area contributed by atoms with Crippen LogP contribution in [0.2, 0.25) is 0 Å². The van der Waals surface area contributed by atoms with E-state index in [1.165, 1.54) is 0 Å². The number of hydrogen-bond donors (Lipinski definition) is 1. The van der Waals surface area contributed by atoms with Gasteiger partial charge in [-0.1, -0.05) is 0 Å². The first-order valence-corrected chi connectivity index (χ1v) is 6.00. The summed E-state index contributed by atoms with van der Waals surface area (Å²) in [5.41, 5.74) is 0.772. The molecule has 0 saturated heterocycles. The third-order valence-corrected chi connectivity index (χ3v) is 3.39. The van der Waals surface area contributed by atoms with Crippen LogP contribution in [0.3, 0.4) is 0 Å². The molecule has 0 amide bonds. The second-order valence-electron chi connectivity index (χ2n) is 4.76. The SMILES string of the molecule is COc1ccc(CO)c(OCC2(CC#N)CC2)c1. The minimum absolute atomic E-state index is 0.0323. The highest BCUT2D eigenvalue weighted by atomic mass is 16.5. The molecule has 0 aromatic heterocycles. The second kappa shape index (κ2) is 5.28. The molecule has 0 bridgehead atoms. The van der Waals surface area contributed by atoms with E-state index >= 15 is 0 Å². The van der Waals surface area contributed by atoms with Gasteiger partial charge in [0.05, 0.1) is 26.4 Å². The van der Waals surface area contributed by atoms with E-state index < -0.39 is 0 Å². The fourth-order valence-corrected chi connectivity index (χ4v) is 1.87. The summed E-state index contributed by atoms with van der Waals surface area (Å²) < 4.78 is 10.9. The number of nitriles is 1. The third kappa shape index (κ3) is 2.74. The Morgan fingerprint density at radius 3 is 2.78 bits per heavy atom. The molecule has 4 heteroatoms. The molecule has 4 nitrogen and oxygen atoms in total. The third-order valence-electron chi connectivity index (χ3n) is 3.39. The topological polar surface area (TPSA) is 62.5 Å². The first-order chi connectivity index (χ1) is 8.73. The van der Waals surface area contributed by atoms with Crippen LogP contribution in [-0.2, 0) is 6.61 Å². The van der Waals surface area contributed by atoms with Crippen molar-refractivity contribution >= 4 is 0 Å². The first-order valence-electron chi connectivity index (χ1n) is 6.00. The molecule has 0 heterocycles. The lowest BCUT2D eigenvalue weighted by molar-refractivity contribution is 0.222. The molecule has 1 aliphatic rings. The Morgan fingerprint density at radius 2 is 2.22 bits per heavy atom. The molecule has 1 N–H and O–H groups in total. The number of ether oxygens (including phenoxy) is 2. The van der Waals surface area contributed by atoms with Gasteiger partial charge in [0.2, 0.25) is 0 Å². The number of hydrogen-bond acceptors (Lipinski definition) is 4. The van der Waals surface area contributed by atoms with Gasteiger partial charge in [0.25, 0.3) is 0 Å². The minimum Gasteiger partial charge on any atom is -0.497 e. The monoisotopic (exact) mass is 247 g/mol. The van der Waals surface area contributed by atoms with Gasteiger partial charge in [-0.2, -0.15) is 5.26 Å². The van der Waals surface area contributed by atoms with Crippen LogP contribution in [0.25, 0.3) is 0 Å². The molecular formula is C14H17NO3. The molecule has 1 fully saturated rings. The van der Waals surface area contributed by atoms with Crippen LogP contribution in [0, 0.1) is 16.7 Å². The Bertz CT molecular complexity index is 461. The van der Waals surface area contributed by atoms with Gasteiger partial charge in [-0.25, -0.2) is 0 Å². The summed E-state index contributed by atoms with van der Waals surface area (Å²) in [6.07, 6.45) is 2.61. The standard InChI is InChI=1S/C14H17NO3/c1-17-12-3-2-11(9-16)13(8-12)18-10-14(4-5-14)6-7-15/h2-3,8,16H,4-6,9-10H2,1H3. The van der Waals surface area contributed by atoms with E-state index in [-0.39, 0.29) is 12.0 Å². The number of benzene rings is 1. The maximum absolute atomic E-state index is 9.26. The zero-order valence-electron chi connectivity index (χ0n) is 10.5. The maximum Gasteiger partial charge on any atom is 0.128 e. The summed E-state index contributed by atoms with van der Waals surface area (Å²) in [5, 5.41) is 18.0. The van der Waals surface area contributed by atoms with Crippen LogP contribution in [0.5, 0.6) is 11.5 Å². The van der Waals surface area contributed by atoms with Gasteiger partial charge in [0.1, 0.15) is 11.5 Å². The van der Waals surface area contributed by atoms with E-state index in [0.717, 1.165) is 18.4 Å². The van der Waals surface area contributed by atoms with Crippen LogP contribution in [0.4, 0.5) is 0 Å². The molecule has 2 rings (SSSR count). The number of methoxy groups -OCH3 is 1. The van der Waals surface area contributed by atoms with Gasteiger partial charge in [0.15, 0.2) is 0 Å². The van der Waals surface area contributed by atoms with Crippen molar-refractivity contribution in [3.63, 3.8) is 0 Å². The summed E-state index contributed by atoms with van der Waals surface area (Å²) in [5.74, 6) is 1.34. The van der Waals surface area contributed by atoms with Crippen molar-refractivity contribution in [2.45, 2.75) is 25.9 Å². The fourth-order valence-electron chi connectivity index (χ4n) is 1.87. The predicted octanol–water partition coefficient (Wildman–Crippen LogP) is 2.26. The normalized spacial score (nSPS) is 15.8. The van der Waals surface area contributed by atoms with Gasteiger partial charge in [0, 0.05) is 23.5 Å². The number of nitrogens with zero attached hydrogens (tertiary/aromatic N) is 1. The van der Waals surface area contributed by atoms with Crippen LogP contribution in [-0.4, -0.2) is 18.8 Å². The largest absolute Gasteiger partial charge is 0.497 e. The van der Waals surface area contributed by atoms with E-state index in [2.05, 4.69) is 6.07 Å². The van der Waals surface area contributed by atoms with Crippen molar-refractivity contribution in [2.24, 2.45) is 5.41 Å². The zero-order chi connectivity index (χ0) is 13.0. The molecule has 0 radical (unpaired) electrons. The number of rotatable bonds is 6. The van der Waals surface area contributed by atoms with E-state index in [9.17, 15) is 5.11 Å². The van der Waals surface area contributed by atoms with Gasteiger partial charge in [-0.15, -0.1) is 0 Å². The van der Waals surface area contributed by atoms with Crippen molar-refractivity contribution in [1.29, 1.82) is 5.26 Å². The zero-order valence-corrected chi connectivity index (χ0v) is 10.5. The van der Waals surface area contributed by atoms with Crippen LogP contribution >= 0.6 is 0 Å². The highest BCUT2D eigenvalue weighted by Crippen LogP contribution is 2.48. The van der Waals surface area contributed by atoms with Crippen LogP contribution in [0.1, 0.15) is 24.8 Å². The summed E-state index contributed by atoms with van der Waals surface area (Å²) in [7, 11) is 1.59. The Kier molecular flexibility index (Phi) is 3.73. The lowest BCUT2D eigenvalue weighted by Gasteiger charge is -2.15.